The second-order valence-electron chi connectivity index (χ2n) is 7.80. The van der Waals surface area contributed by atoms with Crippen LogP contribution in [0.3, 0.4) is 0 Å². The Morgan fingerprint density at radius 3 is 2.72 bits per heavy atom. The molecule has 2 aromatic carbocycles. The minimum absolute atomic E-state index is 0. The number of thiazole rings is 1. The third-order valence-electron chi connectivity index (χ3n) is 5.86. The first-order valence-corrected chi connectivity index (χ1v) is 13.1. The van der Waals surface area contributed by atoms with Gasteiger partial charge in [-0.25, -0.2) is 13.4 Å². The first-order chi connectivity index (χ1) is 15.4. The number of carbonyl (C=O) groups is 1. The maximum Gasteiger partial charge on any atom is 0.263 e. The van der Waals surface area contributed by atoms with Crippen molar-refractivity contribution in [1.29, 1.82) is 0 Å². The summed E-state index contributed by atoms with van der Waals surface area (Å²) >= 11 is 7.37. The molecule has 3 aromatic rings. The third kappa shape index (κ3) is 3.96. The van der Waals surface area contributed by atoms with Gasteiger partial charge in [-0.05, 0) is 67.3 Å². The minimum atomic E-state index is -3.73. The summed E-state index contributed by atoms with van der Waals surface area (Å²) in [5, 5.41) is 2.73. The van der Waals surface area contributed by atoms with Gasteiger partial charge in [-0.1, -0.05) is 11.6 Å². The van der Waals surface area contributed by atoms with Gasteiger partial charge in [0.2, 0.25) is 5.91 Å². The summed E-state index contributed by atoms with van der Waals surface area (Å²) < 4.78 is 27.6. The first kappa shape index (κ1) is 21.2. The number of aromatic nitrogens is 1. The van der Waals surface area contributed by atoms with Crippen LogP contribution in [0.4, 0.5) is 16.5 Å². The summed E-state index contributed by atoms with van der Waals surface area (Å²) in [6.45, 7) is 1.42. The van der Waals surface area contributed by atoms with Crippen molar-refractivity contribution in [3.05, 3.63) is 64.6 Å². The topological polar surface area (TPSA) is 82.6 Å². The van der Waals surface area contributed by atoms with Gasteiger partial charge in [-0.15, -0.1) is 11.3 Å². The molecule has 7 nitrogen and oxygen atoms in total. The quantitative estimate of drug-likeness (QED) is 0.573. The van der Waals surface area contributed by atoms with Gasteiger partial charge in [0.25, 0.3) is 10.0 Å². The zero-order valence-corrected chi connectivity index (χ0v) is 19.5. The molecule has 0 aliphatic carbocycles. The Morgan fingerprint density at radius 2 is 1.97 bits per heavy atom. The van der Waals surface area contributed by atoms with E-state index in [4.69, 9.17) is 11.6 Å². The number of anilines is 3. The van der Waals surface area contributed by atoms with E-state index in [9.17, 15) is 13.2 Å². The molecule has 5 rings (SSSR count). The Labute approximate surface area is 197 Å². The number of hydrogen-bond acceptors (Lipinski definition) is 6. The SMILES string of the molecule is O=C1[C@H](N2CCCc3cc(Cl)ccc32)CCN1c1ccc(S(=O)(=O)Nc2nccs2)cc1.[HH]. The molecule has 1 fully saturated rings. The molecular formula is C22H23ClN4O3S2. The van der Waals surface area contributed by atoms with Gasteiger partial charge in [0.1, 0.15) is 6.04 Å². The van der Waals surface area contributed by atoms with Crippen molar-refractivity contribution < 1.29 is 14.6 Å². The third-order valence-corrected chi connectivity index (χ3v) is 8.27. The first-order valence-electron chi connectivity index (χ1n) is 10.3. The molecule has 2 aliphatic rings. The summed E-state index contributed by atoms with van der Waals surface area (Å²) in [4.78, 5) is 21.3. The van der Waals surface area contributed by atoms with Gasteiger partial charge in [0.05, 0.1) is 4.90 Å². The van der Waals surface area contributed by atoms with E-state index in [1.807, 2.05) is 18.2 Å². The van der Waals surface area contributed by atoms with Crippen molar-refractivity contribution in [2.75, 3.05) is 27.6 Å². The number of hydrogen-bond donors (Lipinski definition) is 1. The lowest BCUT2D eigenvalue weighted by molar-refractivity contribution is -0.118. The lowest BCUT2D eigenvalue weighted by Gasteiger charge is -2.35. The number of nitrogens with one attached hydrogen (secondary N) is 1. The number of carbonyl (C=O) groups excluding carboxylic acids is 1. The van der Waals surface area contributed by atoms with E-state index >= 15 is 0 Å². The predicted octanol–water partition coefficient (Wildman–Crippen LogP) is 4.40. The van der Waals surface area contributed by atoms with E-state index in [1.165, 1.54) is 35.2 Å². The van der Waals surface area contributed by atoms with Gasteiger partial charge in [0.15, 0.2) is 5.13 Å². The molecule has 0 saturated carbocycles. The average Bonchev–Trinajstić information content (AvgIpc) is 3.42. The molecule has 1 amide bonds. The fourth-order valence-corrected chi connectivity index (χ4v) is 6.37. The van der Waals surface area contributed by atoms with E-state index in [1.54, 1.807) is 22.4 Å². The van der Waals surface area contributed by atoms with E-state index < -0.39 is 10.0 Å². The van der Waals surface area contributed by atoms with Crippen LogP contribution in [-0.2, 0) is 21.2 Å². The summed E-state index contributed by atoms with van der Waals surface area (Å²) in [7, 11) is -3.73. The zero-order chi connectivity index (χ0) is 22.3. The molecule has 10 heteroatoms. The van der Waals surface area contributed by atoms with E-state index in [0.717, 1.165) is 25.1 Å². The smallest absolute Gasteiger partial charge is 0.263 e. The minimum Gasteiger partial charge on any atom is -0.359 e. The maximum atomic E-state index is 13.3. The van der Waals surface area contributed by atoms with Gasteiger partial charge in [-0.2, -0.15) is 0 Å². The molecule has 32 heavy (non-hydrogen) atoms. The fraction of sp³-hybridized carbons (Fsp3) is 0.273. The van der Waals surface area contributed by atoms with Crippen molar-refractivity contribution in [3.8, 4) is 0 Å². The summed E-state index contributed by atoms with van der Waals surface area (Å²) in [6, 6.07) is 12.0. The van der Waals surface area contributed by atoms with Gasteiger partial charge in [-0.3, -0.25) is 9.52 Å². The fourth-order valence-electron chi connectivity index (χ4n) is 4.38. The lowest BCUT2D eigenvalue weighted by atomic mass is 9.99. The molecule has 1 aromatic heterocycles. The van der Waals surface area contributed by atoms with Crippen LogP contribution in [0, 0.1) is 0 Å². The highest BCUT2D eigenvalue weighted by Crippen LogP contribution is 2.35. The number of sulfonamides is 1. The van der Waals surface area contributed by atoms with Crippen molar-refractivity contribution in [2.45, 2.75) is 30.2 Å². The second-order valence-corrected chi connectivity index (χ2v) is 10.8. The number of benzene rings is 2. The largest absolute Gasteiger partial charge is 0.359 e. The molecule has 3 heterocycles. The standard InChI is InChI=1S/C22H21ClN4O3S2.H2/c23-16-3-8-19-15(14-16)2-1-11-27(19)20-9-12-26(21(20)28)17-4-6-18(7-5-17)32(29,30)25-22-24-10-13-31-22;/h3-8,10,13-14,20H,1-2,9,11-12H2,(H,24,25);1H/t20-;/m1./s1. The van der Waals surface area contributed by atoms with Gasteiger partial charge >= 0.3 is 0 Å². The number of fused-ring (bicyclic) bond motifs is 1. The van der Waals surface area contributed by atoms with Crippen molar-refractivity contribution >= 4 is 55.4 Å². The predicted molar refractivity (Wildman–Crippen MR) is 129 cm³/mol. The highest BCUT2D eigenvalue weighted by atomic mass is 35.5. The number of rotatable bonds is 5. The van der Waals surface area contributed by atoms with Crippen molar-refractivity contribution in [1.82, 2.24) is 4.98 Å². The Kier molecular flexibility index (Phi) is 5.56. The summed E-state index contributed by atoms with van der Waals surface area (Å²) in [6.07, 6.45) is 4.20. The number of amides is 1. The monoisotopic (exact) mass is 490 g/mol. The zero-order valence-electron chi connectivity index (χ0n) is 17.1. The van der Waals surface area contributed by atoms with E-state index in [0.29, 0.717) is 28.8 Å². The van der Waals surface area contributed by atoms with Crippen LogP contribution in [-0.4, -0.2) is 38.4 Å². The molecule has 1 atom stereocenters. The number of halogens is 1. The Morgan fingerprint density at radius 1 is 1.16 bits per heavy atom. The Hall–Kier alpha value is -2.62. The van der Waals surface area contributed by atoms with E-state index in [-0.39, 0.29) is 18.3 Å². The van der Waals surface area contributed by atoms with Crippen LogP contribution in [0.25, 0.3) is 0 Å². The molecular weight excluding hydrogens is 468 g/mol. The van der Waals surface area contributed by atoms with E-state index in [2.05, 4.69) is 14.6 Å². The van der Waals surface area contributed by atoms with Crippen LogP contribution in [0.2, 0.25) is 5.02 Å². The highest BCUT2D eigenvalue weighted by molar-refractivity contribution is 7.93. The molecule has 0 radical (unpaired) electrons. The van der Waals surface area contributed by atoms with Crippen LogP contribution < -0.4 is 14.5 Å². The molecule has 2 aliphatic heterocycles. The summed E-state index contributed by atoms with van der Waals surface area (Å²) in [5.74, 6) is 0.0318. The molecule has 1 saturated heterocycles. The molecule has 0 bridgehead atoms. The highest BCUT2D eigenvalue weighted by Gasteiger charge is 2.38. The van der Waals surface area contributed by atoms with Crippen LogP contribution in [0.5, 0.6) is 0 Å². The molecule has 1 N–H and O–H groups in total. The van der Waals surface area contributed by atoms with Crippen molar-refractivity contribution in [3.63, 3.8) is 0 Å². The van der Waals surface area contributed by atoms with Gasteiger partial charge < -0.3 is 9.80 Å². The normalized spacial score (nSPS) is 18.7. The van der Waals surface area contributed by atoms with Crippen LogP contribution >= 0.6 is 22.9 Å². The lowest BCUT2D eigenvalue weighted by Crippen LogP contribution is -2.44. The number of aryl methyl sites for hydroxylation is 1. The number of nitrogens with zero attached hydrogens (tertiary/aromatic N) is 3. The molecule has 0 spiro atoms. The maximum absolute atomic E-state index is 13.3. The average molecular weight is 491 g/mol. The second kappa shape index (κ2) is 8.38. The van der Waals surface area contributed by atoms with Crippen molar-refractivity contribution in [2.24, 2.45) is 0 Å². The molecule has 168 valence electrons. The van der Waals surface area contributed by atoms with Gasteiger partial charge in [0, 0.05) is 42.5 Å². The summed E-state index contributed by atoms with van der Waals surface area (Å²) in [5.41, 5.74) is 2.95. The molecule has 0 unspecified atom stereocenters. The van der Waals surface area contributed by atoms with Crippen LogP contribution in [0.15, 0.2) is 58.9 Å². The van der Waals surface area contributed by atoms with Crippen LogP contribution in [0.1, 0.15) is 19.8 Å². The Bertz CT molecular complexity index is 1250. The Balaban J connectivity index is 0.00000259.